The van der Waals surface area contributed by atoms with Crippen molar-refractivity contribution in [2.24, 2.45) is 17.3 Å². The highest BCUT2D eigenvalue weighted by molar-refractivity contribution is 5.97. The molecule has 3 fully saturated rings. The SMILES string of the molecule is CCOC(=O)C1C2C(=O)CN(C(=O)OCc3ccccc3)CC21COC1CCOCC1. The Kier molecular flexibility index (Phi) is 6.57. The van der Waals surface area contributed by atoms with Crippen molar-refractivity contribution in [2.45, 2.75) is 32.5 Å². The molecule has 0 radical (unpaired) electrons. The fourth-order valence-electron chi connectivity index (χ4n) is 4.78. The number of amides is 1. The summed E-state index contributed by atoms with van der Waals surface area (Å²) in [6.45, 7) is 3.80. The predicted molar refractivity (Wildman–Crippen MR) is 109 cm³/mol. The molecule has 1 amide bonds. The smallest absolute Gasteiger partial charge is 0.410 e. The molecular weight excluding hydrogens is 402 g/mol. The molecule has 4 rings (SSSR count). The third kappa shape index (κ3) is 4.60. The van der Waals surface area contributed by atoms with E-state index in [2.05, 4.69) is 0 Å². The number of ketones is 1. The molecule has 2 saturated heterocycles. The number of carbonyl (C=O) groups is 3. The Bertz CT molecular complexity index is 807. The summed E-state index contributed by atoms with van der Waals surface area (Å²) in [7, 11) is 0. The monoisotopic (exact) mass is 431 g/mol. The van der Waals surface area contributed by atoms with Crippen LogP contribution in [0.15, 0.2) is 30.3 Å². The third-order valence-corrected chi connectivity index (χ3v) is 6.40. The zero-order valence-electron chi connectivity index (χ0n) is 17.8. The van der Waals surface area contributed by atoms with Crippen LogP contribution in [0.4, 0.5) is 4.79 Å². The van der Waals surface area contributed by atoms with Gasteiger partial charge in [-0.1, -0.05) is 30.3 Å². The molecule has 8 heteroatoms. The molecule has 0 spiro atoms. The van der Waals surface area contributed by atoms with Crippen LogP contribution in [0.1, 0.15) is 25.3 Å². The lowest BCUT2D eigenvalue weighted by atomic mass is 9.96. The summed E-state index contributed by atoms with van der Waals surface area (Å²) in [4.78, 5) is 39.6. The predicted octanol–water partition coefficient (Wildman–Crippen LogP) is 2.20. The molecule has 3 atom stereocenters. The average Bonchev–Trinajstić information content (AvgIpc) is 3.47. The van der Waals surface area contributed by atoms with Crippen LogP contribution in [0.25, 0.3) is 0 Å². The summed E-state index contributed by atoms with van der Waals surface area (Å²) in [6.07, 6.45) is 1.03. The van der Waals surface area contributed by atoms with Crippen LogP contribution < -0.4 is 0 Å². The molecule has 168 valence electrons. The highest BCUT2D eigenvalue weighted by Gasteiger charge is 2.74. The van der Waals surface area contributed by atoms with Crippen LogP contribution in [0.2, 0.25) is 0 Å². The van der Waals surface area contributed by atoms with Crippen LogP contribution in [0, 0.1) is 17.3 Å². The average molecular weight is 431 g/mol. The first-order chi connectivity index (χ1) is 15.0. The van der Waals surface area contributed by atoms with Gasteiger partial charge in [0.25, 0.3) is 0 Å². The number of benzene rings is 1. The Balaban J connectivity index is 1.44. The Hall–Kier alpha value is -2.45. The van der Waals surface area contributed by atoms with Crippen molar-refractivity contribution < 1.29 is 33.3 Å². The molecule has 3 aliphatic rings. The zero-order valence-corrected chi connectivity index (χ0v) is 17.8. The van der Waals surface area contributed by atoms with Crippen LogP contribution in [0.5, 0.6) is 0 Å². The molecular formula is C23H29NO7. The van der Waals surface area contributed by atoms with Gasteiger partial charge in [0.2, 0.25) is 0 Å². The van der Waals surface area contributed by atoms with Gasteiger partial charge in [0.1, 0.15) is 6.61 Å². The van der Waals surface area contributed by atoms with Gasteiger partial charge in [0.05, 0.1) is 31.8 Å². The maximum absolute atomic E-state index is 12.9. The normalized spacial score (nSPS) is 28.0. The van der Waals surface area contributed by atoms with Crippen LogP contribution in [-0.4, -0.2) is 68.4 Å². The van der Waals surface area contributed by atoms with Crippen molar-refractivity contribution in [3.63, 3.8) is 0 Å². The van der Waals surface area contributed by atoms with E-state index in [4.69, 9.17) is 18.9 Å². The number of carbonyl (C=O) groups excluding carboxylic acids is 3. The second-order valence-electron chi connectivity index (χ2n) is 8.43. The van der Waals surface area contributed by atoms with E-state index in [1.54, 1.807) is 6.92 Å². The van der Waals surface area contributed by atoms with Crippen molar-refractivity contribution in [3.05, 3.63) is 35.9 Å². The van der Waals surface area contributed by atoms with Crippen molar-refractivity contribution in [1.29, 1.82) is 0 Å². The van der Waals surface area contributed by atoms with Crippen LogP contribution in [0.3, 0.4) is 0 Å². The number of piperidine rings is 1. The first-order valence-corrected chi connectivity index (χ1v) is 10.9. The van der Waals surface area contributed by atoms with E-state index in [1.165, 1.54) is 4.90 Å². The molecule has 8 nitrogen and oxygen atoms in total. The molecule has 0 N–H and O–H groups in total. The summed E-state index contributed by atoms with van der Waals surface area (Å²) in [6, 6.07) is 9.36. The molecule has 2 heterocycles. The molecule has 31 heavy (non-hydrogen) atoms. The molecule has 2 aliphatic heterocycles. The molecule has 1 aromatic carbocycles. The van der Waals surface area contributed by atoms with Crippen LogP contribution in [-0.2, 0) is 35.1 Å². The molecule has 0 bridgehead atoms. The van der Waals surface area contributed by atoms with Gasteiger partial charge in [0.15, 0.2) is 5.78 Å². The van der Waals surface area contributed by atoms with E-state index in [0.717, 1.165) is 18.4 Å². The Labute approximate surface area is 181 Å². The summed E-state index contributed by atoms with van der Waals surface area (Å²) < 4.78 is 22.1. The highest BCUT2D eigenvalue weighted by atomic mass is 16.6. The lowest BCUT2D eigenvalue weighted by Gasteiger charge is -2.32. The topological polar surface area (TPSA) is 91.4 Å². The Morgan fingerprint density at radius 1 is 1.16 bits per heavy atom. The summed E-state index contributed by atoms with van der Waals surface area (Å²) >= 11 is 0. The Morgan fingerprint density at radius 2 is 1.90 bits per heavy atom. The minimum Gasteiger partial charge on any atom is -0.466 e. The van der Waals surface area contributed by atoms with Gasteiger partial charge >= 0.3 is 12.1 Å². The second kappa shape index (κ2) is 9.36. The number of rotatable bonds is 7. The lowest BCUT2D eigenvalue weighted by Crippen LogP contribution is -2.47. The second-order valence-corrected chi connectivity index (χ2v) is 8.43. The molecule has 1 aromatic rings. The van der Waals surface area contributed by atoms with Crippen molar-refractivity contribution >= 4 is 17.8 Å². The van der Waals surface area contributed by atoms with Gasteiger partial charge < -0.3 is 23.8 Å². The minimum atomic E-state index is -0.744. The molecule has 3 unspecified atom stereocenters. The van der Waals surface area contributed by atoms with E-state index in [0.29, 0.717) is 13.2 Å². The first kappa shape index (κ1) is 21.8. The third-order valence-electron chi connectivity index (χ3n) is 6.40. The highest BCUT2D eigenvalue weighted by Crippen LogP contribution is 2.62. The van der Waals surface area contributed by atoms with Gasteiger partial charge in [-0.2, -0.15) is 0 Å². The van der Waals surface area contributed by atoms with E-state index < -0.39 is 29.3 Å². The van der Waals surface area contributed by atoms with Gasteiger partial charge in [-0.15, -0.1) is 0 Å². The number of likely N-dealkylation sites (tertiary alicyclic amines) is 1. The van der Waals surface area contributed by atoms with E-state index in [9.17, 15) is 14.4 Å². The van der Waals surface area contributed by atoms with Gasteiger partial charge in [-0.25, -0.2) is 4.79 Å². The molecule has 1 saturated carbocycles. The quantitative estimate of drug-likeness (QED) is 0.611. The lowest BCUT2D eigenvalue weighted by molar-refractivity contribution is -0.147. The van der Waals surface area contributed by atoms with Crippen LogP contribution >= 0.6 is 0 Å². The Morgan fingerprint density at radius 3 is 2.61 bits per heavy atom. The fraction of sp³-hybridized carbons (Fsp3) is 0.609. The number of Topliss-reactive ketones (excluding diaryl/α,β-unsaturated/α-hetero) is 1. The summed E-state index contributed by atoms with van der Waals surface area (Å²) in [5, 5.41) is 0. The number of fused-ring (bicyclic) bond motifs is 1. The van der Waals surface area contributed by atoms with Crippen molar-refractivity contribution in [2.75, 3.05) is 39.5 Å². The maximum Gasteiger partial charge on any atom is 0.410 e. The first-order valence-electron chi connectivity index (χ1n) is 10.9. The van der Waals surface area contributed by atoms with Gasteiger partial charge in [-0.3, -0.25) is 9.59 Å². The number of hydrogen-bond acceptors (Lipinski definition) is 7. The fourth-order valence-corrected chi connectivity index (χ4v) is 4.78. The van der Waals surface area contributed by atoms with Crippen molar-refractivity contribution in [3.8, 4) is 0 Å². The number of nitrogens with zero attached hydrogens (tertiary/aromatic N) is 1. The van der Waals surface area contributed by atoms with Crippen molar-refractivity contribution in [1.82, 2.24) is 4.90 Å². The summed E-state index contributed by atoms with van der Waals surface area (Å²) in [5.74, 6) is -1.58. The minimum absolute atomic E-state index is 0.0303. The maximum atomic E-state index is 12.9. The zero-order chi connectivity index (χ0) is 21.8. The van der Waals surface area contributed by atoms with Gasteiger partial charge in [0, 0.05) is 31.1 Å². The largest absolute Gasteiger partial charge is 0.466 e. The number of esters is 1. The molecule has 1 aliphatic carbocycles. The number of hydrogen-bond donors (Lipinski definition) is 0. The van der Waals surface area contributed by atoms with E-state index in [1.807, 2.05) is 30.3 Å². The van der Waals surface area contributed by atoms with Gasteiger partial charge in [-0.05, 0) is 25.3 Å². The molecule has 0 aromatic heterocycles. The number of ether oxygens (including phenoxy) is 4. The van der Waals surface area contributed by atoms with E-state index >= 15 is 0 Å². The standard InChI is InChI=1S/C23H29NO7/c1-2-29-21(26)20-19-18(25)12-24(22(27)30-13-16-6-4-3-5-7-16)14-23(19,20)15-31-17-8-10-28-11-9-17/h3-7,17,19-20H,2,8-15H2,1H3. The summed E-state index contributed by atoms with van der Waals surface area (Å²) in [5.41, 5.74) is 0.122. The van der Waals surface area contributed by atoms with E-state index in [-0.39, 0.29) is 44.8 Å².